The second-order valence-electron chi connectivity index (χ2n) is 9.21. The number of ether oxygens (including phenoxy) is 1. The van der Waals surface area contributed by atoms with Crippen molar-refractivity contribution in [2.45, 2.75) is 44.2 Å². The highest BCUT2D eigenvalue weighted by atomic mass is 32.2. The molecular formula is C27H35N3O5S. The highest BCUT2D eigenvalue weighted by Gasteiger charge is 2.51. The lowest BCUT2D eigenvalue weighted by molar-refractivity contribution is -0.703. The highest BCUT2D eigenvalue weighted by molar-refractivity contribution is 7.84. The minimum atomic E-state index is -3.92. The maximum atomic E-state index is 13.2. The van der Waals surface area contributed by atoms with Crippen molar-refractivity contribution in [3.63, 3.8) is 0 Å². The molecule has 36 heavy (non-hydrogen) atoms. The molecule has 1 amide bonds. The molecule has 0 aliphatic heterocycles. The Hall–Kier alpha value is -3.01. The molecule has 194 valence electrons. The summed E-state index contributed by atoms with van der Waals surface area (Å²) in [6.07, 6.45) is 7.78. The Morgan fingerprint density at radius 2 is 1.64 bits per heavy atom. The fourth-order valence-electron chi connectivity index (χ4n) is 5.46. The Bertz CT molecular complexity index is 1200. The average Bonchev–Trinajstić information content (AvgIpc) is 3.45. The largest absolute Gasteiger partial charge is 0.748 e. The van der Waals surface area contributed by atoms with Gasteiger partial charge in [-0.2, -0.15) is 0 Å². The first-order valence-electron chi connectivity index (χ1n) is 12.0. The molecule has 1 aliphatic rings. The van der Waals surface area contributed by atoms with E-state index in [0.717, 1.165) is 36.9 Å². The van der Waals surface area contributed by atoms with Crippen molar-refractivity contribution in [1.29, 1.82) is 0 Å². The van der Waals surface area contributed by atoms with E-state index in [-0.39, 0.29) is 11.8 Å². The third-order valence-electron chi connectivity index (χ3n) is 6.99. The summed E-state index contributed by atoms with van der Waals surface area (Å²) in [6, 6.07) is 20.5. The monoisotopic (exact) mass is 513 g/mol. The third kappa shape index (κ3) is 6.21. The number of carbonyl (C=O) groups excluding carboxylic acids is 1. The summed E-state index contributed by atoms with van der Waals surface area (Å²) >= 11 is 0. The van der Waals surface area contributed by atoms with Gasteiger partial charge in [-0.3, -0.25) is 4.79 Å². The van der Waals surface area contributed by atoms with Gasteiger partial charge in [0, 0.05) is 20.3 Å². The molecular weight excluding hydrogens is 478 g/mol. The molecule has 0 radical (unpaired) electrons. The molecule has 1 aliphatic carbocycles. The predicted octanol–water partition coefficient (Wildman–Crippen LogP) is 2.70. The first-order valence-corrected chi connectivity index (χ1v) is 13.8. The number of hydrogen-bond acceptors (Lipinski definition) is 5. The van der Waals surface area contributed by atoms with Crippen LogP contribution in [0, 0.1) is 12.8 Å². The summed E-state index contributed by atoms with van der Waals surface area (Å²) in [5.41, 5.74) is 7.37. The van der Waals surface area contributed by atoms with Crippen LogP contribution in [0.1, 0.15) is 42.3 Å². The van der Waals surface area contributed by atoms with E-state index in [1.54, 1.807) is 7.11 Å². The summed E-state index contributed by atoms with van der Waals surface area (Å²) in [7, 11) is -2.19. The minimum Gasteiger partial charge on any atom is -0.748 e. The second kappa shape index (κ2) is 11.8. The van der Waals surface area contributed by atoms with Crippen LogP contribution >= 0.6 is 0 Å². The lowest BCUT2D eigenvalue weighted by atomic mass is 9.64. The topological polar surface area (TPSA) is 118 Å². The number of benzene rings is 2. The Balaban J connectivity index is 0.000000658. The molecule has 4 rings (SSSR count). The van der Waals surface area contributed by atoms with Crippen LogP contribution in [0.25, 0.3) is 0 Å². The Kier molecular flexibility index (Phi) is 9.05. The summed E-state index contributed by atoms with van der Waals surface area (Å²) in [5.74, 6) is 1.08. The summed E-state index contributed by atoms with van der Waals surface area (Å²) < 4.78 is 37.1. The van der Waals surface area contributed by atoms with Crippen molar-refractivity contribution in [2.75, 3.05) is 20.0 Å². The van der Waals surface area contributed by atoms with Gasteiger partial charge in [-0.1, -0.05) is 60.7 Å². The SMILES string of the molecule is COCC[n+]1ccn(C2CCC(C(C(N)=O)(c3ccccc3)c3ccccc3)C2)c1C.CS(=O)(=O)[O-]. The fourth-order valence-corrected chi connectivity index (χ4v) is 5.46. The first kappa shape index (κ1) is 27.6. The maximum absolute atomic E-state index is 13.2. The predicted molar refractivity (Wildman–Crippen MR) is 136 cm³/mol. The highest BCUT2D eigenvalue weighted by Crippen LogP contribution is 2.49. The molecule has 8 nitrogen and oxygen atoms in total. The van der Waals surface area contributed by atoms with Gasteiger partial charge in [0.05, 0.1) is 16.7 Å². The normalized spacial score (nSPS) is 17.9. The molecule has 2 aromatic carbocycles. The zero-order chi connectivity index (χ0) is 26.3. The number of nitrogens with zero attached hydrogens (tertiary/aromatic N) is 2. The van der Waals surface area contributed by atoms with E-state index in [9.17, 15) is 4.79 Å². The van der Waals surface area contributed by atoms with Crippen molar-refractivity contribution in [3.8, 4) is 0 Å². The van der Waals surface area contributed by atoms with Gasteiger partial charge in [0.25, 0.3) is 5.82 Å². The lowest BCUT2D eigenvalue weighted by Crippen LogP contribution is -2.47. The maximum Gasteiger partial charge on any atom is 0.253 e. The van der Waals surface area contributed by atoms with E-state index in [1.165, 1.54) is 5.82 Å². The van der Waals surface area contributed by atoms with Gasteiger partial charge in [-0.15, -0.1) is 0 Å². The Morgan fingerprint density at radius 1 is 1.11 bits per heavy atom. The number of hydrogen-bond donors (Lipinski definition) is 1. The Morgan fingerprint density at radius 3 is 2.11 bits per heavy atom. The van der Waals surface area contributed by atoms with Gasteiger partial charge in [0.1, 0.15) is 30.4 Å². The fraction of sp³-hybridized carbons (Fsp3) is 0.407. The van der Waals surface area contributed by atoms with Crippen molar-refractivity contribution >= 4 is 16.0 Å². The molecule has 2 unspecified atom stereocenters. The van der Waals surface area contributed by atoms with Crippen molar-refractivity contribution in [1.82, 2.24) is 4.57 Å². The number of methoxy groups -OCH3 is 1. The number of aromatic nitrogens is 2. The summed E-state index contributed by atoms with van der Waals surface area (Å²) in [4.78, 5) is 13.2. The van der Waals surface area contributed by atoms with Crippen molar-refractivity contribution in [3.05, 3.63) is 90.0 Å². The van der Waals surface area contributed by atoms with E-state index in [2.05, 4.69) is 28.5 Å². The second-order valence-corrected chi connectivity index (χ2v) is 10.6. The molecule has 0 saturated heterocycles. The van der Waals surface area contributed by atoms with Gasteiger partial charge < -0.3 is 15.0 Å². The third-order valence-corrected chi connectivity index (χ3v) is 6.99. The average molecular weight is 514 g/mol. The lowest BCUT2D eigenvalue weighted by Gasteiger charge is -2.37. The van der Waals surface area contributed by atoms with Crippen molar-refractivity contribution < 1.29 is 27.1 Å². The number of rotatable bonds is 8. The number of primary amides is 1. The van der Waals surface area contributed by atoms with Gasteiger partial charge in [-0.25, -0.2) is 17.6 Å². The van der Waals surface area contributed by atoms with Gasteiger partial charge in [0.2, 0.25) is 5.91 Å². The van der Waals surface area contributed by atoms with Crippen molar-refractivity contribution in [2.24, 2.45) is 11.7 Å². The molecule has 2 atom stereocenters. The summed E-state index contributed by atoms with van der Waals surface area (Å²) in [5, 5.41) is 0. The molecule has 3 aromatic rings. The van der Waals surface area contributed by atoms with Crippen LogP contribution in [0.4, 0.5) is 0 Å². The Labute approximate surface area is 213 Å². The van der Waals surface area contributed by atoms with E-state index < -0.39 is 15.5 Å². The standard InChI is InChI=1S/C26H31N3O2.CH4O3S/c1-20-28(17-18-31-2)15-16-29(20)24-14-13-23(19-24)26(25(27)30,21-9-5-3-6-10-21)22-11-7-4-8-12-22;1-5(2,3)4/h3-12,15-16,23-24H,13-14,17-19H2,1-2H3,(H-,27,30);1H3,(H,2,3,4). The van der Waals surface area contributed by atoms with Crippen LogP contribution < -0.4 is 10.3 Å². The zero-order valence-corrected chi connectivity index (χ0v) is 21.9. The van der Waals surface area contributed by atoms with Gasteiger partial charge in [-0.05, 0) is 36.3 Å². The zero-order valence-electron chi connectivity index (χ0n) is 21.0. The minimum absolute atomic E-state index is 0.133. The van der Waals surface area contributed by atoms with Crippen LogP contribution in [-0.4, -0.2) is 43.4 Å². The van der Waals surface area contributed by atoms with E-state index >= 15 is 0 Å². The van der Waals surface area contributed by atoms with Gasteiger partial charge >= 0.3 is 0 Å². The van der Waals surface area contributed by atoms with Crippen LogP contribution in [0.15, 0.2) is 73.1 Å². The van der Waals surface area contributed by atoms with Crippen LogP contribution in [0.2, 0.25) is 0 Å². The molecule has 2 N–H and O–H groups in total. The molecule has 1 saturated carbocycles. The number of carbonyl (C=O) groups is 1. The molecule has 9 heteroatoms. The summed E-state index contributed by atoms with van der Waals surface area (Å²) in [6.45, 7) is 3.68. The van der Waals surface area contributed by atoms with Crippen LogP contribution in [-0.2, 0) is 31.6 Å². The number of nitrogens with two attached hydrogens (primary N) is 1. The van der Waals surface area contributed by atoms with E-state index in [4.69, 9.17) is 23.4 Å². The molecule has 0 bridgehead atoms. The molecule has 1 aromatic heterocycles. The van der Waals surface area contributed by atoms with Crippen LogP contribution in [0.5, 0.6) is 0 Å². The van der Waals surface area contributed by atoms with E-state index in [0.29, 0.717) is 18.9 Å². The molecule has 0 spiro atoms. The molecule has 1 heterocycles. The van der Waals surface area contributed by atoms with Gasteiger partial charge in [0.15, 0.2) is 0 Å². The smallest absolute Gasteiger partial charge is 0.253 e. The quantitative estimate of drug-likeness (QED) is 0.367. The van der Waals surface area contributed by atoms with E-state index in [1.807, 2.05) is 60.7 Å². The number of amides is 1. The van der Waals surface area contributed by atoms with Crippen LogP contribution in [0.3, 0.4) is 0 Å². The number of imidazole rings is 1. The first-order chi connectivity index (χ1) is 17.1. The molecule has 1 fully saturated rings.